The van der Waals surface area contributed by atoms with E-state index in [1.807, 2.05) is 31.7 Å². The van der Waals surface area contributed by atoms with Gasteiger partial charge < -0.3 is 10.1 Å². The van der Waals surface area contributed by atoms with Crippen LogP contribution in [0.2, 0.25) is 0 Å². The highest BCUT2D eigenvalue weighted by atomic mass is 32.2. The Morgan fingerprint density at radius 1 is 1.47 bits per heavy atom. The molecule has 1 heterocycles. The number of carbonyl (C=O) groups excluding carboxylic acids is 1. The van der Waals surface area contributed by atoms with Crippen LogP contribution in [0.3, 0.4) is 0 Å². The van der Waals surface area contributed by atoms with E-state index in [1.165, 1.54) is 0 Å². The second kappa shape index (κ2) is 7.07. The first-order valence-corrected chi connectivity index (χ1v) is 7.44. The molecular weight excluding hydrogens is 234 g/mol. The third kappa shape index (κ3) is 4.36. The van der Waals surface area contributed by atoms with Gasteiger partial charge >= 0.3 is 0 Å². The zero-order valence-corrected chi connectivity index (χ0v) is 11.9. The minimum Gasteiger partial charge on any atom is -0.381 e. The summed E-state index contributed by atoms with van der Waals surface area (Å²) in [7, 11) is 0. The van der Waals surface area contributed by atoms with E-state index in [-0.39, 0.29) is 10.7 Å². The Bertz CT molecular complexity index is 283. The van der Waals surface area contributed by atoms with E-state index in [0.29, 0.717) is 0 Å². The predicted molar refractivity (Wildman–Crippen MR) is 73.4 cm³/mol. The molecule has 1 fully saturated rings. The maximum atomic E-state index is 11.8. The normalized spacial score (nSPS) is 20.1. The van der Waals surface area contributed by atoms with E-state index >= 15 is 0 Å². The summed E-state index contributed by atoms with van der Waals surface area (Å²) < 4.78 is 5.55. The molecule has 4 heteroatoms. The van der Waals surface area contributed by atoms with Gasteiger partial charge in [-0.1, -0.05) is 13.0 Å². The van der Waals surface area contributed by atoms with Gasteiger partial charge in [-0.15, -0.1) is 0 Å². The maximum Gasteiger partial charge on any atom is 0.246 e. The molecule has 1 N–H and O–H groups in total. The Morgan fingerprint density at radius 2 is 2.12 bits per heavy atom. The van der Waals surface area contributed by atoms with Gasteiger partial charge in [0.25, 0.3) is 0 Å². The third-order valence-electron chi connectivity index (χ3n) is 3.28. The number of carbonyl (C=O) groups is 1. The number of hydrogen-bond acceptors (Lipinski definition) is 3. The molecule has 0 unspecified atom stereocenters. The quantitative estimate of drug-likeness (QED) is 0.768. The molecule has 1 amide bonds. The van der Waals surface area contributed by atoms with Crippen molar-refractivity contribution in [3.8, 4) is 0 Å². The first kappa shape index (κ1) is 14.6. The molecule has 0 radical (unpaired) electrons. The second-order valence-corrected chi connectivity index (χ2v) is 5.75. The lowest BCUT2D eigenvalue weighted by molar-refractivity contribution is -0.117. The standard InChI is InChI=1S/C13H23NO2S/c1-4-5-11(2)12(15)14-10-13(17-3)6-8-16-9-7-13/h5H,4,6-10H2,1-3H3,(H,14,15). The summed E-state index contributed by atoms with van der Waals surface area (Å²) in [6.07, 6.45) is 7.02. The largest absolute Gasteiger partial charge is 0.381 e. The lowest BCUT2D eigenvalue weighted by Gasteiger charge is -2.35. The van der Waals surface area contributed by atoms with Crippen molar-refractivity contribution < 1.29 is 9.53 Å². The van der Waals surface area contributed by atoms with Crippen LogP contribution in [-0.2, 0) is 9.53 Å². The fourth-order valence-corrected chi connectivity index (χ4v) is 2.77. The average Bonchev–Trinajstić information content (AvgIpc) is 2.37. The third-order valence-corrected chi connectivity index (χ3v) is 4.70. The van der Waals surface area contributed by atoms with Crippen molar-refractivity contribution in [2.45, 2.75) is 37.9 Å². The number of ether oxygens (including phenoxy) is 1. The van der Waals surface area contributed by atoms with Gasteiger partial charge in [0.1, 0.15) is 0 Å². The number of thioether (sulfide) groups is 1. The molecule has 0 spiro atoms. The Labute approximate surface area is 108 Å². The van der Waals surface area contributed by atoms with Crippen LogP contribution in [0.4, 0.5) is 0 Å². The Kier molecular flexibility index (Phi) is 6.06. The Morgan fingerprint density at radius 3 is 2.65 bits per heavy atom. The fourth-order valence-electron chi connectivity index (χ4n) is 1.98. The summed E-state index contributed by atoms with van der Waals surface area (Å²) in [5, 5.41) is 3.05. The molecule has 1 aliphatic heterocycles. The molecule has 1 saturated heterocycles. The summed E-state index contributed by atoms with van der Waals surface area (Å²) in [5.41, 5.74) is 0.816. The van der Waals surface area contributed by atoms with Gasteiger partial charge in [-0.3, -0.25) is 4.79 Å². The topological polar surface area (TPSA) is 38.3 Å². The first-order valence-electron chi connectivity index (χ1n) is 6.21. The zero-order chi connectivity index (χ0) is 12.7. The van der Waals surface area contributed by atoms with E-state index in [4.69, 9.17) is 4.74 Å². The molecule has 1 aliphatic rings. The number of nitrogens with one attached hydrogen (secondary N) is 1. The van der Waals surface area contributed by atoms with Crippen molar-refractivity contribution in [2.75, 3.05) is 26.0 Å². The van der Waals surface area contributed by atoms with Crippen molar-refractivity contribution in [1.82, 2.24) is 5.32 Å². The summed E-state index contributed by atoms with van der Waals surface area (Å²) in [5.74, 6) is 0.0618. The summed E-state index contributed by atoms with van der Waals surface area (Å²) in [4.78, 5) is 11.8. The van der Waals surface area contributed by atoms with Crippen molar-refractivity contribution >= 4 is 17.7 Å². The van der Waals surface area contributed by atoms with Crippen LogP contribution in [-0.4, -0.2) is 36.7 Å². The van der Waals surface area contributed by atoms with E-state index in [2.05, 4.69) is 11.6 Å². The van der Waals surface area contributed by atoms with E-state index < -0.39 is 0 Å². The molecule has 0 aliphatic carbocycles. The number of hydrogen-bond donors (Lipinski definition) is 1. The molecule has 98 valence electrons. The van der Waals surface area contributed by atoms with Crippen LogP contribution in [0.25, 0.3) is 0 Å². The van der Waals surface area contributed by atoms with E-state index in [0.717, 1.165) is 44.6 Å². The Balaban J connectivity index is 2.47. The van der Waals surface area contributed by atoms with Gasteiger partial charge in [-0.2, -0.15) is 11.8 Å². The summed E-state index contributed by atoms with van der Waals surface area (Å²) >= 11 is 1.85. The summed E-state index contributed by atoms with van der Waals surface area (Å²) in [6, 6.07) is 0. The van der Waals surface area contributed by atoms with Crippen molar-refractivity contribution in [3.63, 3.8) is 0 Å². The molecular formula is C13H23NO2S. The molecule has 0 aromatic heterocycles. The SMILES string of the molecule is CCC=C(C)C(=O)NCC1(SC)CCOCC1. The molecule has 17 heavy (non-hydrogen) atoms. The van der Waals surface area contributed by atoms with Crippen LogP contribution in [0.5, 0.6) is 0 Å². The lowest BCUT2D eigenvalue weighted by atomic mass is 9.99. The van der Waals surface area contributed by atoms with Gasteiger partial charge in [0.2, 0.25) is 5.91 Å². The van der Waals surface area contributed by atoms with E-state index in [1.54, 1.807) is 0 Å². The highest BCUT2D eigenvalue weighted by Crippen LogP contribution is 2.32. The molecule has 0 bridgehead atoms. The van der Waals surface area contributed by atoms with Crippen molar-refractivity contribution in [2.24, 2.45) is 0 Å². The molecule has 0 atom stereocenters. The number of allylic oxidation sites excluding steroid dienone is 1. The zero-order valence-electron chi connectivity index (χ0n) is 11.0. The van der Waals surface area contributed by atoms with Crippen molar-refractivity contribution in [3.05, 3.63) is 11.6 Å². The number of amides is 1. The van der Waals surface area contributed by atoms with Crippen molar-refractivity contribution in [1.29, 1.82) is 0 Å². The predicted octanol–water partition coefficient (Wildman–Crippen LogP) is 2.37. The first-order chi connectivity index (χ1) is 8.13. The fraction of sp³-hybridized carbons (Fsp3) is 0.769. The minimum absolute atomic E-state index is 0.0618. The monoisotopic (exact) mass is 257 g/mol. The Hall–Kier alpha value is -0.480. The number of rotatable bonds is 5. The molecule has 0 aromatic rings. The van der Waals surface area contributed by atoms with E-state index in [9.17, 15) is 4.79 Å². The average molecular weight is 257 g/mol. The van der Waals surface area contributed by atoms with Gasteiger partial charge in [-0.05, 0) is 32.4 Å². The molecule has 0 saturated carbocycles. The van der Waals surface area contributed by atoms with Crippen LogP contribution < -0.4 is 5.32 Å². The smallest absolute Gasteiger partial charge is 0.246 e. The maximum absolute atomic E-state index is 11.8. The van der Waals surface area contributed by atoms with Gasteiger partial charge in [-0.25, -0.2) is 0 Å². The molecule has 1 rings (SSSR count). The van der Waals surface area contributed by atoms with Crippen LogP contribution in [0.1, 0.15) is 33.1 Å². The second-order valence-electron chi connectivity index (χ2n) is 4.48. The molecule has 0 aromatic carbocycles. The lowest BCUT2D eigenvalue weighted by Crippen LogP contribution is -2.44. The summed E-state index contributed by atoms with van der Waals surface area (Å²) in [6.45, 7) is 6.26. The van der Waals surface area contributed by atoms with Gasteiger partial charge in [0.15, 0.2) is 0 Å². The highest BCUT2D eigenvalue weighted by molar-refractivity contribution is 8.00. The van der Waals surface area contributed by atoms with Crippen LogP contribution in [0.15, 0.2) is 11.6 Å². The molecule has 3 nitrogen and oxygen atoms in total. The minimum atomic E-state index is 0.0618. The van der Waals surface area contributed by atoms with Crippen LogP contribution in [0, 0.1) is 0 Å². The van der Waals surface area contributed by atoms with Gasteiger partial charge in [0.05, 0.1) is 0 Å². The highest BCUT2D eigenvalue weighted by Gasteiger charge is 2.32. The van der Waals surface area contributed by atoms with Gasteiger partial charge in [0, 0.05) is 30.1 Å². The van der Waals surface area contributed by atoms with Crippen LogP contribution >= 0.6 is 11.8 Å².